The molecular weight excluding hydrogens is 452 g/mol. The highest BCUT2D eigenvalue weighted by molar-refractivity contribution is 7.10. The number of terminal acetylenes is 1. The van der Waals surface area contributed by atoms with Crippen molar-refractivity contribution in [3.05, 3.63) is 64.1 Å². The number of amides is 3. The zero-order valence-electron chi connectivity index (χ0n) is 17.9. The molecule has 1 fully saturated rings. The van der Waals surface area contributed by atoms with E-state index in [0.29, 0.717) is 16.4 Å². The number of ether oxygens (including phenoxy) is 1. The minimum Gasteiger partial charge on any atom is -0.447 e. The van der Waals surface area contributed by atoms with E-state index in [9.17, 15) is 14.9 Å². The largest absolute Gasteiger partial charge is 0.447 e. The Labute approximate surface area is 200 Å². The summed E-state index contributed by atoms with van der Waals surface area (Å²) in [6.07, 6.45) is 7.67. The number of anilines is 1. The molecular formula is C24H20N6O3S. The van der Waals surface area contributed by atoms with E-state index in [1.807, 2.05) is 24.3 Å². The van der Waals surface area contributed by atoms with Crippen LogP contribution in [0.25, 0.3) is 11.3 Å². The highest BCUT2D eigenvalue weighted by Gasteiger charge is 2.46. The number of benzene rings is 1. The third-order valence-corrected chi connectivity index (χ3v) is 6.21. The van der Waals surface area contributed by atoms with Crippen LogP contribution in [0.15, 0.2) is 48.0 Å². The van der Waals surface area contributed by atoms with E-state index >= 15 is 0 Å². The Balaban J connectivity index is 1.54. The van der Waals surface area contributed by atoms with Gasteiger partial charge in [-0.2, -0.15) is 5.26 Å². The minimum absolute atomic E-state index is 0.166. The molecule has 34 heavy (non-hydrogen) atoms. The summed E-state index contributed by atoms with van der Waals surface area (Å²) in [6, 6.07) is 12.3. The first-order chi connectivity index (χ1) is 16.4. The smallest absolute Gasteiger partial charge is 0.404 e. The Morgan fingerprint density at radius 3 is 2.68 bits per heavy atom. The fourth-order valence-corrected chi connectivity index (χ4v) is 4.11. The molecule has 1 atom stereocenters. The monoisotopic (exact) mass is 472 g/mol. The lowest BCUT2D eigenvalue weighted by Gasteiger charge is -2.19. The van der Waals surface area contributed by atoms with Crippen molar-refractivity contribution in [1.29, 1.82) is 5.26 Å². The van der Waals surface area contributed by atoms with Crippen LogP contribution in [0.3, 0.4) is 0 Å². The van der Waals surface area contributed by atoms with Crippen molar-refractivity contribution in [2.45, 2.75) is 24.3 Å². The maximum Gasteiger partial charge on any atom is 0.404 e. The van der Waals surface area contributed by atoms with Crippen molar-refractivity contribution in [2.75, 3.05) is 11.9 Å². The molecule has 0 saturated heterocycles. The highest BCUT2D eigenvalue weighted by atomic mass is 32.1. The number of primary amides is 1. The van der Waals surface area contributed by atoms with Gasteiger partial charge in [0.05, 0.1) is 23.2 Å². The SMILES string of the molecule is C#Cc1nc(NC(=O)NC(COC(N)=O)c2ccc(-c3ncccc3C3(C#N)CC3)cc2)cs1. The Morgan fingerprint density at radius 2 is 2.06 bits per heavy atom. The van der Waals surface area contributed by atoms with Gasteiger partial charge in [-0.25, -0.2) is 14.6 Å². The summed E-state index contributed by atoms with van der Waals surface area (Å²) in [7, 11) is 0. The van der Waals surface area contributed by atoms with Gasteiger partial charge in [0.2, 0.25) is 0 Å². The summed E-state index contributed by atoms with van der Waals surface area (Å²) >= 11 is 1.23. The molecule has 1 aromatic carbocycles. The van der Waals surface area contributed by atoms with Crippen LogP contribution in [0.1, 0.15) is 35.0 Å². The molecule has 0 aliphatic heterocycles. The summed E-state index contributed by atoms with van der Waals surface area (Å²) in [6.45, 7) is -0.166. The fraction of sp³-hybridized carbons (Fsp3) is 0.208. The van der Waals surface area contributed by atoms with Crippen LogP contribution >= 0.6 is 11.3 Å². The lowest BCUT2D eigenvalue weighted by atomic mass is 9.92. The van der Waals surface area contributed by atoms with Gasteiger partial charge in [-0.3, -0.25) is 10.3 Å². The van der Waals surface area contributed by atoms with Crippen molar-refractivity contribution in [2.24, 2.45) is 5.73 Å². The van der Waals surface area contributed by atoms with Crippen LogP contribution in [0.2, 0.25) is 0 Å². The minimum atomic E-state index is -0.952. The van der Waals surface area contributed by atoms with E-state index in [1.165, 1.54) is 11.3 Å². The first kappa shape index (κ1) is 22.8. The van der Waals surface area contributed by atoms with E-state index in [2.05, 4.69) is 32.6 Å². The van der Waals surface area contributed by atoms with Crippen LogP contribution < -0.4 is 16.4 Å². The molecule has 4 rings (SSSR count). The second-order valence-electron chi connectivity index (χ2n) is 7.68. The number of urea groups is 1. The number of hydrogen-bond acceptors (Lipinski definition) is 7. The zero-order valence-corrected chi connectivity index (χ0v) is 18.8. The maximum atomic E-state index is 12.5. The Hall–Kier alpha value is -4.41. The molecule has 4 N–H and O–H groups in total. The first-order valence-electron chi connectivity index (χ1n) is 10.3. The number of carbonyl (C=O) groups excluding carboxylic acids is 2. The fourth-order valence-electron chi connectivity index (χ4n) is 3.56. The second-order valence-corrected chi connectivity index (χ2v) is 8.54. The number of hydrogen-bond donors (Lipinski definition) is 3. The van der Waals surface area contributed by atoms with E-state index in [1.54, 1.807) is 23.7 Å². The molecule has 0 spiro atoms. The Bertz CT molecular complexity index is 1300. The van der Waals surface area contributed by atoms with E-state index < -0.39 is 23.6 Å². The Morgan fingerprint density at radius 1 is 1.29 bits per heavy atom. The van der Waals surface area contributed by atoms with Crippen molar-refractivity contribution >= 4 is 29.3 Å². The summed E-state index contributed by atoms with van der Waals surface area (Å²) in [5.41, 5.74) is 7.81. The molecule has 2 aromatic heterocycles. The quantitative estimate of drug-likeness (QED) is 0.448. The van der Waals surface area contributed by atoms with Crippen molar-refractivity contribution in [3.63, 3.8) is 0 Å². The number of thiazole rings is 1. The van der Waals surface area contributed by atoms with Gasteiger partial charge in [0.1, 0.15) is 12.4 Å². The normalized spacial score (nSPS) is 14.2. The van der Waals surface area contributed by atoms with E-state index in [0.717, 1.165) is 29.7 Å². The van der Waals surface area contributed by atoms with E-state index in [-0.39, 0.29) is 6.61 Å². The predicted molar refractivity (Wildman–Crippen MR) is 127 cm³/mol. The van der Waals surface area contributed by atoms with Gasteiger partial charge in [-0.15, -0.1) is 17.8 Å². The molecule has 0 radical (unpaired) electrons. The van der Waals surface area contributed by atoms with Gasteiger partial charge >= 0.3 is 12.1 Å². The number of rotatable bonds is 7. The van der Waals surface area contributed by atoms with Crippen molar-refractivity contribution in [3.8, 4) is 29.7 Å². The van der Waals surface area contributed by atoms with Gasteiger partial charge in [-0.1, -0.05) is 30.3 Å². The number of aromatic nitrogens is 2. The summed E-state index contributed by atoms with van der Waals surface area (Å²) in [5, 5.41) is 17.0. The maximum absolute atomic E-state index is 12.5. The molecule has 1 saturated carbocycles. The lowest BCUT2D eigenvalue weighted by molar-refractivity contribution is 0.144. The second kappa shape index (κ2) is 9.61. The zero-order chi connectivity index (χ0) is 24.1. The molecule has 2 heterocycles. The Kier molecular flexibility index (Phi) is 6.44. The molecule has 10 heteroatoms. The van der Waals surface area contributed by atoms with Gasteiger partial charge in [-0.05, 0) is 36.0 Å². The topological polar surface area (TPSA) is 143 Å². The number of pyridine rings is 1. The average Bonchev–Trinajstić information content (AvgIpc) is 3.53. The molecule has 3 amide bonds. The summed E-state index contributed by atoms with van der Waals surface area (Å²) in [4.78, 5) is 32.3. The highest BCUT2D eigenvalue weighted by Crippen LogP contribution is 2.50. The third kappa shape index (κ3) is 4.98. The number of nitriles is 1. The van der Waals surface area contributed by atoms with Crippen molar-refractivity contribution < 1.29 is 14.3 Å². The summed E-state index contributed by atoms with van der Waals surface area (Å²) < 4.78 is 4.94. The van der Waals surface area contributed by atoms with Gasteiger partial charge in [0, 0.05) is 17.1 Å². The van der Waals surface area contributed by atoms with Crippen molar-refractivity contribution in [1.82, 2.24) is 15.3 Å². The standard InChI is InChI=1S/C24H20N6O3S/c1-2-20-29-19(13-34-20)30-23(32)28-18(12-33-22(26)31)15-5-7-16(8-6-15)21-17(4-3-11-27-21)24(14-25)9-10-24/h1,3-8,11,13,18H,9-10,12H2,(H2,26,31)(H2,28,30,32). The van der Waals surface area contributed by atoms with Crippen LogP contribution in [-0.2, 0) is 10.2 Å². The van der Waals surface area contributed by atoms with Gasteiger partial charge < -0.3 is 15.8 Å². The number of nitrogens with two attached hydrogens (primary N) is 1. The van der Waals surface area contributed by atoms with Crippen LogP contribution in [0, 0.1) is 23.7 Å². The van der Waals surface area contributed by atoms with Gasteiger partial charge in [0.15, 0.2) is 5.01 Å². The molecule has 0 bridgehead atoms. The average molecular weight is 473 g/mol. The molecule has 170 valence electrons. The van der Waals surface area contributed by atoms with Gasteiger partial charge in [0.25, 0.3) is 0 Å². The van der Waals surface area contributed by atoms with Crippen LogP contribution in [-0.4, -0.2) is 28.7 Å². The molecule has 1 aliphatic carbocycles. The molecule has 1 aliphatic rings. The van der Waals surface area contributed by atoms with Crippen LogP contribution in [0.5, 0.6) is 0 Å². The summed E-state index contributed by atoms with van der Waals surface area (Å²) in [5.74, 6) is 2.72. The number of carbonyl (C=O) groups is 2. The third-order valence-electron chi connectivity index (χ3n) is 5.44. The molecule has 3 aromatic rings. The molecule has 9 nitrogen and oxygen atoms in total. The first-order valence-corrected chi connectivity index (χ1v) is 11.2. The number of nitrogens with zero attached hydrogens (tertiary/aromatic N) is 3. The van der Waals surface area contributed by atoms with E-state index in [4.69, 9.17) is 16.9 Å². The predicted octanol–water partition coefficient (Wildman–Crippen LogP) is 3.70. The number of nitrogens with one attached hydrogen (secondary N) is 2. The van der Waals surface area contributed by atoms with Crippen LogP contribution in [0.4, 0.5) is 15.4 Å². The lowest BCUT2D eigenvalue weighted by Crippen LogP contribution is -2.36. The molecule has 1 unspecified atom stereocenters.